The fourth-order valence-corrected chi connectivity index (χ4v) is 2.34. The lowest BCUT2D eigenvalue weighted by atomic mass is 9.87. The van der Waals surface area contributed by atoms with E-state index in [4.69, 9.17) is 5.11 Å². The van der Waals surface area contributed by atoms with Gasteiger partial charge in [0.2, 0.25) is 0 Å². The fourth-order valence-electron chi connectivity index (χ4n) is 2.34. The second-order valence-electron chi connectivity index (χ2n) is 4.24. The zero-order valence-corrected chi connectivity index (χ0v) is 8.56. The van der Waals surface area contributed by atoms with Gasteiger partial charge >= 0.3 is 0 Å². The van der Waals surface area contributed by atoms with E-state index in [1.165, 1.54) is 25.7 Å². The standard InChI is InChI=1S/C10H17N3O/c1-8-3-2-4-9(5-8)13-7-11-12-10(13)6-14/h7-9,14H,2-6H2,1H3. The van der Waals surface area contributed by atoms with Crippen molar-refractivity contribution in [2.45, 2.75) is 45.3 Å². The Hall–Kier alpha value is -0.900. The fraction of sp³-hybridized carbons (Fsp3) is 0.800. The SMILES string of the molecule is CC1CCCC(n2cnnc2CO)C1. The van der Waals surface area contributed by atoms with Gasteiger partial charge in [0.15, 0.2) is 5.82 Å². The maximum atomic E-state index is 9.08. The normalized spacial score (nSPS) is 27.9. The minimum atomic E-state index is -0.00905. The smallest absolute Gasteiger partial charge is 0.158 e. The molecule has 1 heterocycles. The number of hydrogen-bond donors (Lipinski definition) is 1. The molecule has 0 spiro atoms. The number of rotatable bonds is 2. The summed E-state index contributed by atoms with van der Waals surface area (Å²) in [6.07, 6.45) is 6.72. The quantitative estimate of drug-likeness (QED) is 0.778. The highest BCUT2D eigenvalue weighted by Gasteiger charge is 2.21. The lowest BCUT2D eigenvalue weighted by molar-refractivity contribution is 0.236. The minimum Gasteiger partial charge on any atom is -0.388 e. The van der Waals surface area contributed by atoms with Crippen molar-refractivity contribution in [1.82, 2.24) is 14.8 Å². The lowest BCUT2D eigenvalue weighted by Crippen LogP contribution is -2.19. The van der Waals surface area contributed by atoms with Gasteiger partial charge in [-0.15, -0.1) is 10.2 Å². The third kappa shape index (κ3) is 1.80. The third-order valence-electron chi connectivity index (χ3n) is 3.09. The van der Waals surface area contributed by atoms with Crippen molar-refractivity contribution in [3.63, 3.8) is 0 Å². The van der Waals surface area contributed by atoms with Crippen LogP contribution in [0.3, 0.4) is 0 Å². The van der Waals surface area contributed by atoms with Crippen LogP contribution in [0.4, 0.5) is 0 Å². The summed E-state index contributed by atoms with van der Waals surface area (Å²) < 4.78 is 2.04. The topological polar surface area (TPSA) is 50.9 Å². The summed E-state index contributed by atoms with van der Waals surface area (Å²) in [6.45, 7) is 2.28. The predicted molar refractivity (Wildman–Crippen MR) is 52.6 cm³/mol. The highest BCUT2D eigenvalue weighted by atomic mass is 16.3. The first kappa shape index (κ1) is 9.65. The maximum Gasteiger partial charge on any atom is 0.158 e. The molecule has 4 heteroatoms. The molecule has 1 saturated carbocycles. The first-order valence-corrected chi connectivity index (χ1v) is 5.30. The van der Waals surface area contributed by atoms with Crippen LogP contribution in [0.1, 0.15) is 44.5 Å². The van der Waals surface area contributed by atoms with Gasteiger partial charge < -0.3 is 9.67 Å². The average molecular weight is 195 g/mol. The Kier molecular flexibility index (Phi) is 2.82. The molecule has 1 aromatic rings. The number of aromatic nitrogens is 3. The maximum absolute atomic E-state index is 9.08. The van der Waals surface area contributed by atoms with E-state index < -0.39 is 0 Å². The largest absolute Gasteiger partial charge is 0.388 e. The zero-order chi connectivity index (χ0) is 9.97. The second-order valence-corrected chi connectivity index (χ2v) is 4.24. The van der Waals surface area contributed by atoms with Gasteiger partial charge in [0.1, 0.15) is 12.9 Å². The molecule has 1 aromatic heterocycles. The van der Waals surface area contributed by atoms with Crippen molar-refractivity contribution in [2.24, 2.45) is 5.92 Å². The molecular weight excluding hydrogens is 178 g/mol. The Bertz CT molecular complexity index is 297. The molecule has 1 aliphatic carbocycles. The van der Waals surface area contributed by atoms with Gasteiger partial charge in [-0.2, -0.15) is 0 Å². The van der Waals surface area contributed by atoms with E-state index in [1.807, 2.05) is 4.57 Å². The molecule has 2 atom stereocenters. The molecule has 0 aliphatic heterocycles. The highest BCUT2D eigenvalue weighted by molar-refractivity contribution is 4.89. The van der Waals surface area contributed by atoms with Gasteiger partial charge in [0, 0.05) is 6.04 Å². The van der Waals surface area contributed by atoms with Crippen LogP contribution in [0.25, 0.3) is 0 Å². The van der Waals surface area contributed by atoms with Crippen LogP contribution >= 0.6 is 0 Å². The third-order valence-corrected chi connectivity index (χ3v) is 3.09. The molecule has 4 nitrogen and oxygen atoms in total. The second kappa shape index (κ2) is 4.09. The van der Waals surface area contributed by atoms with Gasteiger partial charge in [-0.3, -0.25) is 0 Å². The van der Waals surface area contributed by atoms with Crippen LogP contribution in [0.5, 0.6) is 0 Å². The van der Waals surface area contributed by atoms with Gasteiger partial charge in [0.25, 0.3) is 0 Å². The van der Waals surface area contributed by atoms with Crippen LogP contribution in [-0.4, -0.2) is 19.9 Å². The van der Waals surface area contributed by atoms with Crippen molar-refractivity contribution in [2.75, 3.05) is 0 Å². The molecule has 0 radical (unpaired) electrons. The predicted octanol–water partition coefficient (Wildman–Crippen LogP) is 1.52. The molecule has 1 aliphatic rings. The molecule has 14 heavy (non-hydrogen) atoms. The summed E-state index contributed by atoms with van der Waals surface area (Å²) in [5.41, 5.74) is 0. The first-order chi connectivity index (χ1) is 6.81. The van der Waals surface area contributed by atoms with E-state index in [-0.39, 0.29) is 6.61 Å². The van der Waals surface area contributed by atoms with E-state index in [2.05, 4.69) is 17.1 Å². The summed E-state index contributed by atoms with van der Waals surface area (Å²) in [5.74, 6) is 1.48. The zero-order valence-electron chi connectivity index (χ0n) is 8.56. The first-order valence-electron chi connectivity index (χ1n) is 5.30. The van der Waals surface area contributed by atoms with E-state index >= 15 is 0 Å². The Morgan fingerprint density at radius 3 is 3.14 bits per heavy atom. The molecule has 0 saturated heterocycles. The average Bonchev–Trinajstić information content (AvgIpc) is 2.65. The summed E-state index contributed by atoms with van der Waals surface area (Å²) in [6, 6.07) is 0.496. The van der Waals surface area contributed by atoms with Crippen molar-refractivity contribution in [3.8, 4) is 0 Å². The Labute approximate surface area is 84.0 Å². The van der Waals surface area contributed by atoms with Crippen LogP contribution < -0.4 is 0 Å². The van der Waals surface area contributed by atoms with Crippen LogP contribution in [0.2, 0.25) is 0 Å². The number of hydrogen-bond acceptors (Lipinski definition) is 3. The highest BCUT2D eigenvalue weighted by Crippen LogP contribution is 2.32. The molecule has 2 unspecified atom stereocenters. The van der Waals surface area contributed by atoms with Gasteiger partial charge in [-0.25, -0.2) is 0 Å². The van der Waals surface area contributed by atoms with Crippen molar-refractivity contribution in [1.29, 1.82) is 0 Å². The number of aliphatic hydroxyl groups is 1. The molecule has 0 bridgehead atoms. The van der Waals surface area contributed by atoms with E-state index in [1.54, 1.807) is 6.33 Å². The summed E-state index contributed by atoms with van der Waals surface area (Å²) >= 11 is 0. The molecule has 78 valence electrons. The van der Waals surface area contributed by atoms with Crippen molar-refractivity contribution < 1.29 is 5.11 Å². The molecule has 1 fully saturated rings. The van der Waals surface area contributed by atoms with E-state index in [9.17, 15) is 0 Å². The Balaban J connectivity index is 2.13. The van der Waals surface area contributed by atoms with E-state index in [0.717, 1.165) is 5.92 Å². The van der Waals surface area contributed by atoms with Crippen molar-refractivity contribution in [3.05, 3.63) is 12.2 Å². The number of nitrogens with zero attached hydrogens (tertiary/aromatic N) is 3. The Morgan fingerprint density at radius 2 is 2.43 bits per heavy atom. The van der Waals surface area contributed by atoms with Gasteiger partial charge in [-0.05, 0) is 18.8 Å². The lowest BCUT2D eigenvalue weighted by Gasteiger charge is -2.28. The van der Waals surface area contributed by atoms with Crippen molar-refractivity contribution >= 4 is 0 Å². The number of aliphatic hydroxyl groups excluding tert-OH is 1. The van der Waals surface area contributed by atoms with Crippen LogP contribution in [0.15, 0.2) is 6.33 Å². The molecule has 0 aromatic carbocycles. The molecule has 2 rings (SSSR count). The summed E-state index contributed by atoms with van der Waals surface area (Å²) in [7, 11) is 0. The minimum absolute atomic E-state index is 0.00905. The summed E-state index contributed by atoms with van der Waals surface area (Å²) in [5, 5.41) is 16.8. The van der Waals surface area contributed by atoms with Crippen LogP contribution in [0, 0.1) is 5.92 Å². The monoisotopic (exact) mass is 195 g/mol. The molecule has 1 N–H and O–H groups in total. The Morgan fingerprint density at radius 1 is 1.57 bits per heavy atom. The van der Waals surface area contributed by atoms with E-state index in [0.29, 0.717) is 11.9 Å². The van der Waals surface area contributed by atoms with Gasteiger partial charge in [0.05, 0.1) is 0 Å². The molecule has 0 amide bonds. The van der Waals surface area contributed by atoms with Gasteiger partial charge in [-0.1, -0.05) is 19.8 Å². The van der Waals surface area contributed by atoms with Crippen LogP contribution in [-0.2, 0) is 6.61 Å². The summed E-state index contributed by atoms with van der Waals surface area (Å²) in [4.78, 5) is 0. The molecular formula is C10H17N3O.